The fraction of sp³-hybridized carbons (Fsp3) is 0.385. The molecular weight excluding hydrogens is 216 g/mol. The maximum absolute atomic E-state index is 11.4. The van der Waals surface area contributed by atoms with Crippen molar-refractivity contribution in [3.8, 4) is 5.75 Å². The molecule has 1 aliphatic carbocycles. The Hall–Kier alpha value is -1.84. The van der Waals surface area contributed by atoms with Crippen molar-refractivity contribution < 1.29 is 9.53 Å². The van der Waals surface area contributed by atoms with E-state index in [9.17, 15) is 4.79 Å². The van der Waals surface area contributed by atoms with Gasteiger partial charge in [0.15, 0.2) is 6.61 Å². The molecule has 1 saturated carbocycles. The van der Waals surface area contributed by atoms with Gasteiger partial charge in [-0.1, -0.05) is 18.2 Å². The van der Waals surface area contributed by atoms with Crippen LogP contribution in [0.15, 0.2) is 35.4 Å². The quantitative estimate of drug-likeness (QED) is 0.623. The summed E-state index contributed by atoms with van der Waals surface area (Å²) in [5, 5.41) is 4.04. The number of hydrazone groups is 1. The predicted octanol–water partition coefficient (Wildman–Crippen LogP) is 1.97. The summed E-state index contributed by atoms with van der Waals surface area (Å²) in [5.74, 6) is 1.03. The van der Waals surface area contributed by atoms with Crippen molar-refractivity contribution >= 4 is 11.6 Å². The summed E-state index contributed by atoms with van der Waals surface area (Å²) >= 11 is 0. The molecule has 90 valence electrons. The average Bonchev–Trinajstić information content (AvgIpc) is 3.19. The number of nitrogens with zero attached hydrogens (tertiary/aromatic N) is 1. The third-order valence-electron chi connectivity index (χ3n) is 2.64. The Morgan fingerprint density at radius 3 is 2.76 bits per heavy atom. The summed E-state index contributed by atoms with van der Waals surface area (Å²) in [4.78, 5) is 11.4. The Bertz CT molecular complexity index is 411. The van der Waals surface area contributed by atoms with Crippen molar-refractivity contribution in [1.29, 1.82) is 0 Å². The molecule has 1 aromatic rings. The molecule has 1 fully saturated rings. The Kier molecular flexibility index (Phi) is 3.75. The van der Waals surface area contributed by atoms with Gasteiger partial charge in [-0.2, -0.15) is 5.10 Å². The highest BCUT2D eigenvalue weighted by Gasteiger charge is 2.24. The van der Waals surface area contributed by atoms with Crippen LogP contribution in [0.25, 0.3) is 0 Å². The minimum absolute atomic E-state index is 0.00847. The molecule has 0 unspecified atom stereocenters. The molecule has 1 amide bonds. The normalized spacial score (nSPS) is 15.5. The summed E-state index contributed by atoms with van der Waals surface area (Å²) in [6.45, 7) is 1.93. The van der Waals surface area contributed by atoms with E-state index in [1.807, 2.05) is 37.3 Å². The summed E-state index contributed by atoms with van der Waals surface area (Å²) < 4.78 is 5.29. The highest BCUT2D eigenvalue weighted by Crippen LogP contribution is 2.30. The van der Waals surface area contributed by atoms with Crippen LogP contribution >= 0.6 is 0 Å². The number of benzene rings is 1. The lowest BCUT2D eigenvalue weighted by Crippen LogP contribution is -2.25. The molecule has 1 N–H and O–H groups in total. The maximum Gasteiger partial charge on any atom is 0.277 e. The zero-order valence-corrected chi connectivity index (χ0v) is 9.85. The van der Waals surface area contributed by atoms with Crippen LogP contribution in [0.2, 0.25) is 0 Å². The van der Waals surface area contributed by atoms with E-state index in [4.69, 9.17) is 4.74 Å². The molecular formula is C13H16N2O2. The second-order valence-electron chi connectivity index (χ2n) is 4.16. The first-order chi connectivity index (χ1) is 8.25. The Balaban J connectivity index is 1.72. The molecule has 17 heavy (non-hydrogen) atoms. The number of rotatable bonds is 5. The van der Waals surface area contributed by atoms with Gasteiger partial charge in [0, 0.05) is 5.71 Å². The lowest BCUT2D eigenvalue weighted by molar-refractivity contribution is -0.123. The van der Waals surface area contributed by atoms with Crippen LogP contribution in [-0.2, 0) is 4.79 Å². The smallest absolute Gasteiger partial charge is 0.277 e. The average molecular weight is 232 g/mol. The number of para-hydroxylation sites is 1. The van der Waals surface area contributed by atoms with Crippen LogP contribution in [0.5, 0.6) is 5.75 Å². The van der Waals surface area contributed by atoms with Gasteiger partial charge in [0.2, 0.25) is 0 Å². The van der Waals surface area contributed by atoms with Crippen LogP contribution in [0, 0.1) is 5.92 Å². The molecule has 0 bridgehead atoms. The van der Waals surface area contributed by atoms with Gasteiger partial charge in [-0.3, -0.25) is 4.79 Å². The van der Waals surface area contributed by atoms with Crippen LogP contribution in [0.1, 0.15) is 19.8 Å². The SMILES string of the molecule is CC(=NNC(=O)COc1ccccc1)C1CC1. The molecule has 4 heteroatoms. The maximum atomic E-state index is 11.4. The van der Waals surface area contributed by atoms with Crippen LogP contribution in [-0.4, -0.2) is 18.2 Å². The van der Waals surface area contributed by atoms with Crippen LogP contribution in [0.3, 0.4) is 0 Å². The van der Waals surface area contributed by atoms with Gasteiger partial charge >= 0.3 is 0 Å². The van der Waals surface area contributed by atoms with E-state index in [2.05, 4.69) is 10.5 Å². The van der Waals surface area contributed by atoms with E-state index in [-0.39, 0.29) is 12.5 Å². The van der Waals surface area contributed by atoms with E-state index < -0.39 is 0 Å². The van der Waals surface area contributed by atoms with E-state index in [0.29, 0.717) is 11.7 Å². The number of nitrogens with one attached hydrogen (secondary N) is 1. The molecule has 1 aromatic carbocycles. The van der Waals surface area contributed by atoms with E-state index in [0.717, 1.165) is 5.71 Å². The van der Waals surface area contributed by atoms with E-state index >= 15 is 0 Å². The van der Waals surface area contributed by atoms with Gasteiger partial charge in [-0.15, -0.1) is 0 Å². The van der Waals surface area contributed by atoms with Gasteiger partial charge < -0.3 is 4.74 Å². The number of hydrogen-bond donors (Lipinski definition) is 1. The van der Waals surface area contributed by atoms with Crippen LogP contribution < -0.4 is 10.2 Å². The lowest BCUT2D eigenvalue weighted by atomic mass is 10.3. The largest absolute Gasteiger partial charge is 0.484 e. The van der Waals surface area contributed by atoms with Crippen molar-refractivity contribution in [2.24, 2.45) is 11.0 Å². The van der Waals surface area contributed by atoms with Gasteiger partial charge in [0.05, 0.1) is 0 Å². The fourth-order valence-electron chi connectivity index (χ4n) is 1.44. The molecule has 0 spiro atoms. The first-order valence-corrected chi connectivity index (χ1v) is 5.76. The molecule has 0 atom stereocenters. The van der Waals surface area contributed by atoms with Gasteiger partial charge in [0.1, 0.15) is 5.75 Å². The fourth-order valence-corrected chi connectivity index (χ4v) is 1.44. The van der Waals surface area contributed by atoms with Crippen molar-refractivity contribution in [2.45, 2.75) is 19.8 Å². The Morgan fingerprint density at radius 1 is 1.41 bits per heavy atom. The topological polar surface area (TPSA) is 50.7 Å². The van der Waals surface area contributed by atoms with Gasteiger partial charge in [-0.05, 0) is 37.8 Å². The third kappa shape index (κ3) is 3.90. The van der Waals surface area contributed by atoms with Crippen molar-refractivity contribution in [2.75, 3.05) is 6.61 Å². The molecule has 2 rings (SSSR count). The number of ether oxygens (including phenoxy) is 1. The zero-order chi connectivity index (χ0) is 12.1. The summed E-state index contributed by atoms with van der Waals surface area (Å²) in [7, 11) is 0. The summed E-state index contributed by atoms with van der Waals surface area (Å²) in [6.07, 6.45) is 2.37. The summed E-state index contributed by atoms with van der Waals surface area (Å²) in [5.41, 5.74) is 3.50. The highest BCUT2D eigenvalue weighted by atomic mass is 16.5. The van der Waals surface area contributed by atoms with Crippen molar-refractivity contribution in [3.05, 3.63) is 30.3 Å². The van der Waals surface area contributed by atoms with Crippen molar-refractivity contribution in [3.63, 3.8) is 0 Å². The highest BCUT2D eigenvalue weighted by molar-refractivity contribution is 5.88. The molecule has 0 radical (unpaired) electrons. The second-order valence-corrected chi connectivity index (χ2v) is 4.16. The second kappa shape index (κ2) is 5.48. The number of carbonyl (C=O) groups is 1. The predicted molar refractivity (Wildman–Crippen MR) is 65.9 cm³/mol. The van der Waals surface area contributed by atoms with E-state index in [1.165, 1.54) is 12.8 Å². The van der Waals surface area contributed by atoms with Crippen LogP contribution in [0.4, 0.5) is 0 Å². The van der Waals surface area contributed by atoms with Crippen molar-refractivity contribution in [1.82, 2.24) is 5.43 Å². The zero-order valence-electron chi connectivity index (χ0n) is 9.85. The molecule has 1 aliphatic rings. The summed E-state index contributed by atoms with van der Waals surface area (Å²) in [6, 6.07) is 9.25. The molecule has 4 nitrogen and oxygen atoms in total. The molecule has 0 aliphatic heterocycles. The first-order valence-electron chi connectivity index (χ1n) is 5.76. The minimum atomic E-state index is -0.228. The Labute approximate surface area is 101 Å². The molecule has 0 heterocycles. The van der Waals surface area contributed by atoms with Gasteiger partial charge in [-0.25, -0.2) is 5.43 Å². The molecule has 0 aromatic heterocycles. The van der Waals surface area contributed by atoms with E-state index in [1.54, 1.807) is 0 Å². The first kappa shape index (κ1) is 11.6. The lowest BCUT2D eigenvalue weighted by Gasteiger charge is -2.04. The number of carbonyl (C=O) groups excluding carboxylic acids is 1. The Morgan fingerprint density at radius 2 is 2.12 bits per heavy atom. The minimum Gasteiger partial charge on any atom is -0.484 e. The monoisotopic (exact) mass is 232 g/mol. The molecule has 0 saturated heterocycles. The third-order valence-corrected chi connectivity index (χ3v) is 2.64. The number of hydrogen-bond acceptors (Lipinski definition) is 3. The van der Waals surface area contributed by atoms with Gasteiger partial charge in [0.25, 0.3) is 5.91 Å². The standard InChI is InChI=1S/C13H16N2O2/c1-10(11-7-8-11)14-15-13(16)9-17-12-5-3-2-4-6-12/h2-6,11H,7-9H2,1H3,(H,15,16). The number of amides is 1.